The van der Waals surface area contributed by atoms with E-state index in [1.807, 2.05) is 44.2 Å². The van der Waals surface area contributed by atoms with E-state index in [1.54, 1.807) is 0 Å². The Hall–Kier alpha value is -3.94. The lowest BCUT2D eigenvalue weighted by atomic mass is 10.1. The quantitative estimate of drug-likeness (QED) is 0.437. The third kappa shape index (κ3) is 2.62. The van der Waals surface area contributed by atoms with Crippen LogP contribution in [0.2, 0.25) is 0 Å². The first-order valence-electron chi connectivity index (χ1n) is 8.78. The van der Waals surface area contributed by atoms with Crippen molar-refractivity contribution < 1.29 is 4.42 Å². The number of aromatic nitrogens is 5. The van der Waals surface area contributed by atoms with Gasteiger partial charge in [-0.15, -0.1) is 0 Å². The van der Waals surface area contributed by atoms with Crippen molar-refractivity contribution >= 4 is 39.7 Å². The molecule has 8 nitrogen and oxygen atoms in total. The second kappa shape index (κ2) is 6.05. The first-order chi connectivity index (χ1) is 13.6. The zero-order valence-electron chi connectivity index (χ0n) is 15.3. The summed E-state index contributed by atoms with van der Waals surface area (Å²) in [7, 11) is 0. The number of rotatable bonds is 3. The third-order valence-electron chi connectivity index (χ3n) is 4.62. The van der Waals surface area contributed by atoms with Crippen molar-refractivity contribution in [2.75, 3.05) is 11.1 Å². The van der Waals surface area contributed by atoms with E-state index in [2.05, 4.69) is 36.5 Å². The lowest BCUT2D eigenvalue weighted by Gasteiger charge is -2.03. The van der Waals surface area contributed by atoms with Crippen molar-refractivity contribution in [1.82, 2.24) is 25.1 Å². The largest absolute Gasteiger partial charge is 0.423 e. The van der Waals surface area contributed by atoms with Crippen molar-refractivity contribution in [1.29, 1.82) is 0 Å². The molecule has 0 saturated carbocycles. The highest BCUT2D eigenvalue weighted by molar-refractivity contribution is 5.97. The number of hydrogen-bond acceptors (Lipinski definition) is 7. The Labute approximate surface area is 159 Å². The molecule has 4 N–H and O–H groups in total. The van der Waals surface area contributed by atoms with Gasteiger partial charge in [0.15, 0.2) is 11.2 Å². The fourth-order valence-electron chi connectivity index (χ4n) is 3.36. The number of nitrogen functional groups attached to an aromatic ring is 1. The van der Waals surface area contributed by atoms with Gasteiger partial charge in [-0.2, -0.15) is 10.1 Å². The monoisotopic (exact) mass is 371 g/mol. The number of nitrogens with two attached hydrogens (primary N) is 1. The Balaban J connectivity index is 1.46. The van der Waals surface area contributed by atoms with Gasteiger partial charge in [0.05, 0.1) is 5.39 Å². The van der Waals surface area contributed by atoms with Gasteiger partial charge in [-0.3, -0.25) is 5.10 Å². The lowest BCUT2D eigenvalue weighted by molar-refractivity contribution is 0.620. The van der Waals surface area contributed by atoms with Crippen LogP contribution in [0.5, 0.6) is 0 Å². The summed E-state index contributed by atoms with van der Waals surface area (Å²) in [6.45, 7) is 4.06. The van der Waals surface area contributed by atoms with Gasteiger partial charge in [0.2, 0.25) is 0 Å². The van der Waals surface area contributed by atoms with Crippen LogP contribution in [0.3, 0.4) is 0 Å². The molecule has 0 aliphatic carbocycles. The number of nitrogens with one attached hydrogen (secondary N) is 2. The standard InChI is InChI=1S/C20H17N7O/c1-10-7-11(2)17-14(8-10)25-20(28-17)24-13-5-3-12(4-6-13)16-15-18(21)22-9-23-19(15)27-26-16/h3-9H,1-2H3,(H,24,25)(H3,21,22,23,26,27). The predicted octanol–water partition coefficient (Wildman–Crippen LogP) is 4.10. The zero-order chi connectivity index (χ0) is 19.3. The van der Waals surface area contributed by atoms with Gasteiger partial charge in [-0.1, -0.05) is 18.2 Å². The van der Waals surface area contributed by atoms with Gasteiger partial charge in [-0.05, 0) is 43.2 Å². The first kappa shape index (κ1) is 16.2. The lowest BCUT2D eigenvalue weighted by Crippen LogP contribution is -1.93. The fraction of sp³-hybridized carbons (Fsp3) is 0.100. The summed E-state index contributed by atoms with van der Waals surface area (Å²) in [6, 6.07) is 12.3. The number of anilines is 3. The number of nitrogens with zero attached hydrogens (tertiary/aromatic N) is 4. The molecule has 138 valence electrons. The highest BCUT2D eigenvalue weighted by atomic mass is 16.4. The highest BCUT2D eigenvalue weighted by Crippen LogP contribution is 2.30. The predicted molar refractivity (Wildman–Crippen MR) is 108 cm³/mol. The third-order valence-corrected chi connectivity index (χ3v) is 4.62. The Morgan fingerprint density at radius 3 is 2.71 bits per heavy atom. The minimum Gasteiger partial charge on any atom is -0.423 e. The number of aromatic amines is 1. The summed E-state index contributed by atoms with van der Waals surface area (Å²) in [5.74, 6) is 0.396. The van der Waals surface area contributed by atoms with Crippen molar-refractivity contribution in [3.63, 3.8) is 0 Å². The molecule has 0 aliphatic heterocycles. The average molecular weight is 371 g/mol. The van der Waals surface area contributed by atoms with E-state index in [1.165, 1.54) is 6.33 Å². The van der Waals surface area contributed by atoms with E-state index in [0.717, 1.165) is 33.5 Å². The Morgan fingerprint density at radius 2 is 1.89 bits per heavy atom. The number of aryl methyl sites for hydroxylation is 2. The van der Waals surface area contributed by atoms with Crippen molar-refractivity contribution in [2.45, 2.75) is 13.8 Å². The Bertz CT molecular complexity index is 1320. The number of oxazole rings is 1. The van der Waals surface area contributed by atoms with Gasteiger partial charge in [0.25, 0.3) is 6.01 Å². The zero-order valence-corrected chi connectivity index (χ0v) is 15.3. The average Bonchev–Trinajstić information content (AvgIpc) is 3.27. The second-order valence-electron chi connectivity index (χ2n) is 6.71. The van der Waals surface area contributed by atoms with E-state index in [9.17, 15) is 0 Å². The molecule has 8 heteroatoms. The maximum atomic E-state index is 5.99. The molecule has 0 saturated heterocycles. The number of benzene rings is 2. The maximum absolute atomic E-state index is 5.99. The van der Waals surface area contributed by atoms with E-state index in [4.69, 9.17) is 10.2 Å². The molecule has 0 fully saturated rings. The Morgan fingerprint density at radius 1 is 1.07 bits per heavy atom. The van der Waals surface area contributed by atoms with Gasteiger partial charge < -0.3 is 15.5 Å². The highest BCUT2D eigenvalue weighted by Gasteiger charge is 2.13. The van der Waals surface area contributed by atoms with Crippen molar-refractivity contribution in [2.24, 2.45) is 0 Å². The van der Waals surface area contributed by atoms with Crippen LogP contribution in [-0.2, 0) is 0 Å². The molecule has 0 unspecified atom stereocenters. The smallest absolute Gasteiger partial charge is 0.300 e. The first-order valence-corrected chi connectivity index (χ1v) is 8.78. The van der Waals surface area contributed by atoms with Crippen LogP contribution in [0.15, 0.2) is 47.1 Å². The van der Waals surface area contributed by atoms with Gasteiger partial charge in [-0.25, -0.2) is 9.97 Å². The van der Waals surface area contributed by atoms with Crippen LogP contribution in [0.1, 0.15) is 11.1 Å². The molecule has 0 aliphatic rings. The van der Waals surface area contributed by atoms with Crippen LogP contribution >= 0.6 is 0 Å². The summed E-state index contributed by atoms with van der Waals surface area (Å²) in [4.78, 5) is 12.7. The molecule has 5 aromatic rings. The topological polar surface area (TPSA) is 119 Å². The molecular weight excluding hydrogens is 354 g/mol. The summed E-state index contributed by atoms with van der Waals surface area (Å²) >= 11 is 0. The van der Waals surface area contributed by atoms with E-state index in [-0.39, 0.29) is 0 Å². The van der Waals surface area contributed by atoms with E-state index in [0.29, 0.717) is 28.6 Å². The molecule has 0 amide bonds. The van der Waals surface area contributed by atoms with Gasteiger partial charge in [0, 0.05) is 11.3 Å². The van der Waals surface area contributed by atoms with E-state index >= 15 is 0 Å². The van der Waals surface area contributed by atoms with Crippen molar-refractivity contribution in [3.8, 4) is 11.3 Å². The summed E-state index contributed by atoms with van der Waals surface area (Å²) in [5.41, 5.74) is 12.9. The van der Waals surface area contributed by atoms with Crippen LogP contribution in [0.4, 0.5) is 17.5 Å². The maximum Gasteiger partial charge on any atom is 0.300 e. The minimum absolute atomic E-state index is 0.396. The minimum atomic E-state index is 0.396. The van der Waals surface area contributed by atoms with Crippen LogP contribution in [-0.4, -0.2) is 25.1 Å². The molecule has 0 spiro atoms. The van der Waals surface area contributed by atoms with Crippen LogP contribution in [0, 0.1) is 13.8 Å². The number of fused-ring (bicyclic) bond motifs is 2. The Kier molecular flexibility index (Phi) is 3.51. The molecule has 3 heterocycles. The number of hydrogen-bond donors (Lipinski definition) is 3. The summed E-state index contributed by atoms with van der Waals surface area (Å²) in [6.07, 6.45) is 1.41. The van der Waals surface area contributed by atoms with Crippen molar-refractivity contribution in [3.05, 3.63) is 53.9 Å². The van der Waals surface area contributed by atoms with Crippen LogP contribution in [0.25, 0.3) is 33.4 Å². The van der Waals surface area contributed by atoms with E-state index < -0.39 is 0 Å². The summed E-state index contributed by atoms with van der Waals surface area (Å²) in [5, 5.41) is 11.1. The normalized spacial score (nSPS) is 11.4. The SMILES string of the molecule is Cc1cc(C)c2oc(Nc3ccc(-c4n[nH]c5ncnc(N)c45)cc3)nc2c1. The van der Waals surface area contributed by atoms with Crippen LogP contribution < -0.4 is 11.1 Å². The molecule has 0 atom stereocenters. The number of H-pyrrole nitrogens is 1. The molecule has 5 rings (SSSR count). The molecule has 0 bridgehead atoms. The molecule has 0 radical (unpaired) electrons. The summed E-state index contributed by atoms with van der Waals surface area (Å²) < 4.78 is 5.86. The second-order valence-corrected chi connectivity index (χ2v) is 6.71. The molecule has 2 aromatic carbocycles. The van der Waals surface area contributed by atoms with Gasteiger partial charge in [0.1, 0.15) is 23.4 Å². The fourth-order valence-corrected chi connectivity index (χ4v) is 3.36. The molecule has 28 heavy (non-hydrogen) atoms. The van der Waals surface area contributed by atoms with Gasteiger partial charge >= 0.3 is 0 Å². The molecule has 3 aromatic heterocycles. The molecular formula is C20H17N7O.